The zero-order chi connectivity index (χ0) is 25.8. The van der Waals surface area contributed by atoms with Crippen molar-refractivity contribution in [1.82, 2.24) is 29.5 Å². The summed E-state index contributed by atoms with van der Waals surface area (Å²) in [6, 6.07) is 11.9. The van der Waals surface area contributed by atoms with Gasteiger partial charge in [-0.25, -0.2) is 4.98 Å². The van der Waals surface area contributed by atoms with Crippen molar-refractivity contribution in [3.05, 3.63) is 70.9 Å². The first-order valence-corrected chi connectivity index (χ1v) is 9.52. The lowest BCUT2D eigenvalue weighted by molar-refractivity contribution is 0.780. The number of hydrogen-bond donors (Lipinski definition) is 1. The number of fused-ring (bicyclic) bond motifs is 2. The molecule has 0 unspecified atom stereocenters. The van der Waals surface area contributed by atoms with E-state index < -0.39 is 18.9 Å². The fourth-order valence-corrected chi connectivity index (χ4v) is 3.53. The van der Waals surface area contributed by atoms with Crippen molar-refractivity contribution >= 4 is 27.8 Å². The minimum Gasteiger partial charge on any atom is -0.370 e. The van der Waals surface area contributed by atoms with Gasteiger partial charge < -0.3 is 5.32 Å². The van der Waals surface area contributed by atoms with E-state index in [0.29, 0.717) is 16.8 Å². The van der Waals surface area contributed by atoms with Crippen molar-refractivity contribution in [3.63, 3.8) is 0 Å². The molecule has 0 aliphatic rings. The van der Waals surface area contributed by atoms with Crippen LogP contribution >= 0.6 is 0 Å². The molecule has 1 N–H and O–H groups in total. The third-order valence-electron chi connectivity index (χ3n) is 4.96. The summed E-state index contributed by atoms with van der Waals surface area (Å²) in [5.74, 6) is -0.0410. The fraction of sp³-hybridized carbons (Fsp3) is 0.174. The molecule has 31 heavy (non-hydrogen) atoms. The summed E-state index contributed by atoms with van der Waals surface area (Å²) in [6.45, 7) is -3.84. The van der Waals surface area contributed by atoms with Gasteiger partial charge in [0.05, 0.1) is 16.8 Å². The minimum atomic E-state index is -2.93. The van der Waals surface area contributed by atoms with Crippen molar-refractivity contribution in [2.24, 2.45) is 7.05 Å². The zero-order valence-corrected chi connectivity index (χ0v) is 16.8. The molecular formula is C23H21N7O. The van der Waals surface area contributed by atoms with Crippen molar-refractivity contribution < 1.29 is 6.85 Å². The average molecular weight is 416 g/mol. The first kappa shape index (κ1) is 14.0. The Balaban J connectivity index is 1.74. The Labute approximate surface area is 185 Å². The van der Waals surface area contributed by atoms with Crippen LogP contribution in [-0.4, -0.2) is 36.0 Å². The van der Waals surface area contributed by atoms with Gasteiger partial charge >= 0.3 is 0 Å². The number of aryl methyl sites for hydroxylation is 2. The van der Waals surface area contributed by atoms with E-state index >= 15 is 0 Å². The second kappa shape index (κ2) is 7.32. The number of anilines is 1. The maximum Gasteiger partial charge on any atom is 0.281 e. The van der Waals surface area contributed by atoms with Gasteiger partial charge in [-0.1, -0.05) is 6.07 Å². The lowest BCUT2D eigenvalue weighted by Gasteiger charge is -2.12. The van der Waals surface area contributed by atoms with E-state index in [2.05, 4.69) is 25.5 Å². The summed E-state index contributed by atoms with van der Waals surface area (Å²) in [5.41, 5.74) is 2.87. The third kappa shape index (κ3) is 3.31. The van der Waals surface area contributed by atoms with Crippen LogP contribution < -0.4 is 10.9 Å². The quantitative estimate of drug-likeness (QED) is 0.482. The molecule has 1 aromatic carbocycles. The topological polar surface area (TPSA) is 90.5 Å². The molecule has 0 amide bonds. The predicted octanol–water partition coefficient (Wildman–Crippen LogP) is 3.47. The molecular weight excluding hydrogens is 390 g/mol. The molecule has 8 nitrogen and oxygen atoms in total. The van der Waals surface area contributed by atoms with Crippen molar-refractivity contribution in [2.75, 3.05) is 11.8 Å². The normalized spacial score (nSPS) is 14.6. The molecule has 0 saturated carbocycles. The summed E-state index contributed by atoms with van der Waals surface area (Å²) >= 11 is 0. The molecule has 5 aromatic rings. The van der Waals surface area contributed by atoms with Crippen LogP contribution in [0.4, 0.5) is 5.82 Å². The first-order valence-electron chi connectivity index (χ1n) is 12.0. The molecule has 5 rings (SSSR count). The van der Waals surface area contributed by atoms with Gasteiger partial charge in [0.2, 0.25) is 0 Å². The molecule has 0 fully saturated rings. The molecule has 0 radical (unpaired) electrons. The van der Waals surface area contributed by atoms with E-state index in [1.807, 2.05) is 26.2 Å². The Morgan fingerprint density at radius 2 is 2.00 bits per heavy atom. The molecule has 8 heteroatoms. The standard InChI is InChI=1S/C23H21N7O/c1-4-24-20-10-9-19-22(26-20)21(15-6-5-14(2)25-12-15)23(31)30(28-19)17-7-8-18-16(11-17)13-29(3)27-18/h5-13H,4H2,1-3H3,(H,24,26)/i1D3,4D2. The van der Waals surface area contributed by atoms with Crippen LogP contribution in [0.2, 0.25) is 0 Å². The Morgan fingerprint density at radius 3 is 2.81 bits per heavy atom. The maximum atomic E-state index is 13.8. The lowest BCUT2D eigenvalue weighted by atomic mass is 10.1. The van der Waals surface area contributed by atoms with Gasteiger partial charge in [-0.3, -0.25) is 14.5 Å². The number of aromatic nitrogens is 6. The Kier molecular flexibility index (Phi) is 3.31. The van der Waals surface area contributed by atoms with Gasteiger partial charge in [-0.2, -0.15) is 14.9 Å². The molecule has 154 valence electrons. The Bertz CT molecular complexity index is 1670. The predicted molar refractivity (Wildman–Crippen MR) is 122 cm³/mol. The summed E-state index contributed by atoms with van der Waals surface area (Å²) in [7, 11) is 1.81. The fourth-order valence-electron chi connectivity index (χ4n) is 3.53. The average Bonchev–Trinajstić information content (AvgIpc) is 3.18. The molecule has 4 heterocycles. The zero-order valence-electron chi connectivity index (χ0n) is 21.8. The summed E-state index contributed by atoms with van der Waals surface area (Å²) < 4.78 is 41.1. The summed E-state index contributed by atoms with van der Waals surface area (Å²) in [4.78, 5) is 22.5. The van der Waals surface area contributed by atoms with E-state index in [1.165, 1.54) is 10.7 Å². The van der Waals surface area contributed by atoms with E-state index in [-0.39, 0.29) is 16.9 Å². The van der Waals surface area contributed by atoms with Crippen LogP contribution in [-0.2, 0) is 7.05 Å². The molecule has 0 aliphatic carbocycles. The van der Waals surface area contributed by atoms with Crippen LogP contribution in [0, 0.1) is 6.92 Å². The van der Waals surface area contributed by atoms with Gasteiger partial charge in [0.15, 0.2) is 0 Å². The highest BCUT2D eigenvalue weighted by Crippen LogP contribution is 2.25. The van der Waals surface area contributed by atoms with Crippen LogP contribution in [0.25, 0.3) is 38.8 Å². The largest absolute Gasteiger partial charge is 0.370 e. The molecule has 0 bridgehead atoms. The number of hydrogen-bond acceptors (Lipinski definition) is 6. The highest BCUT2D eigenvalue weighted by Gasteiger charge is 2.17. The van der Waals surface area contributed by atoms with Gasteiger partial charge in [-0.05, 0) is 50.2 Å². The van der Waals surface area contributed by atoms with Gasteiger partial charge in [0.1, 0.15) is 16.9 Å². The van der Waals surface area contributed by atoms with Gasteiger partial charge in [-0.15, -0.1) is 0 Å². The van der Waals surface area contributed by atoms with Crippen LogP contribution in [0.1, 0.15) is 19.4 Å². The Morgan fingerprint density at radius 1 is 1.13 bits per heavy atom. The highest BCUT2D eigenvalue weighted by molar-refractivity contribution is 5.91. The lowest BCUT2D eigenvalue weighted by Crippen LogP contribution is -2.23. The first-order chi connectivity index (χ1) is 16.9. The van der Waals surface area contributed by atoms with E-state index in [0.717, 1.165) is 16.6 Å². The van der Waals surface area contributed by atoms with Crippen LogP contribution in [0.3, 0.4) is 0 Å². The molecule has 0 spiro atoms. The molecule has 0 atom stereocenters. The smallest absolute Gasteiger partial charge is 0.281 e. The van der Waals surface area contributed by atoms with Crippen molar-refractivity contribution in [3.8, 4) is 16.8 Å². The van der Waals surface area contributed by atoms with E-state index in [4.69, 9.17) is 6.85 Å². The highest BCUT2D eigenvalue weighted by atomic mass is 16.1. The maximum absolute atomic E-state index is 13.8. The number of benzene rings is 1. The third-order valence-corrected chi connectivity index (χ3v) is 4.96. The SMILES string of the molecule is [2H]C([2H])([2H])C([2H])([2H])Nc1ccc2nn(-c3ccc4nn(C)cc4c3)c(=O)c(-c3ccc(C)nc3)c2n1. The second-order valence-corrected chi connectivity index (χ2v) is 7.14. The Hall–Kier alpha value is -4.07. The van der Waals surface area contributed by atoms with Gasteiger partial charge in [0.25, 0.3) is 5.56 Å². The van der Waals surface area contributed by atoms with E-state index in [9.17, 15) is 4.79 Å². The summed E-state index contributed by atoms with van der Waals surface area (Å²) in [6.07, 6.45) is 3.40. The van der Waals surface area contributed by atoms with Crippen molar-refractivity contribution in [1.29, 1.82) is 0 Å². The molecule has 0 aliphatic heterocycles. The van der Waals surface area contributed by atoms with Crippen molar-refractivity contribution in [2.45, 2.75) is 13.8 Å². The number of nitrogens with one attached hydrogen (secondary N) is 1. The number of rotatable bonds is 4. The van der Waals surface area contributed by atoms with E-state index in [1.54, 1.807) is 41.2 Å². The van der Waals surface area contributed by atoms with Gasteiger partial charge in [0, 0.05) is 49.4 Å². The number of pyridine rings is 2. The van der Waals surface area contributed by atoms with Crippen LogP contribution in [0.15, 0.2) is 59.7 Å². The van der Waals surface area contributed by atoms with Crippen LogP contribution in [0.5, 0.6) is 0 Å². The minimum absolute atomic E-state index is 0.0410. The molecule has 4 aromatic heterocycles. The number of nitrogens with zero attached hydrogens (tertiary/aromatic N) is 6. The summed E-state index contributed by atoms with van der Waals surface area (Å²) in [5, 5.41) is 12.0. The second-order valence-electron chi connectivity index (χ2n) is 7.14. The monoisotopic (exact) mass is 416 g/mol. The molecule has 0 saturated heterocycles.